The smallest absolute Gasteiger partial charge is 0.324 e. The summed E-state index contributed by atoms with van der Waals surface area (Å²) in [4.78, 5) is 65.9. The number of benzene rings is 2. The van der Waals surface area contributed by atoms with Crippen LogP contribution in [0.4, 0.5) is 0 Å². The molecule has 4 N–H and O–H groups in total. The van der Waals surface area contributed by atoms with Crippen LogP contribution >= 0.6 is 0 Å². The molecule has 4 saturated heterocycles. The molecule has 3 amide bonds. The Morgan fingerprint density at radius 3 is 2.57 bits per heavy atom. The van der Waals surface area contributed by atoms with Gasteiger partial charge in [0.1, 0.15) is 17.8 Å². The molecular formula is C53H70N8O7. The Hall–Kier alpha value is -5.35. The molecule has 6 bridgehead atoms. The van der Waals surface area contributed by atoms with Crippen molar-refractivity contribution in [2.24, 2.45) is 16.7 Å². The number of carbonyl (C=O) groups is 4. The number of aromatic hydroxyl groups is 1. The zero-order valence-electron chi connectivity index (χ0n) is 40.9. The molecule has 364 valence electrons. The van der Waals surface area contributed by atoms with E-state index in [1.807, 2.05) is 37.8 Å². The standard InChI is InChI=1S/C53H70N8O7/c1-8-60-44-15-14-35-26-39(44)40(47(60)38-12-9-18-54-45(38)33(4)67-7)27-52(5,6)31-68-51(66)41-13-10-20-61(57-41)50(65)42(24-34-22-36(35)25-37(62)23-34)56-48(63)46(32(2)3)58-21-17-53(29-58)16-11-19-59(30-53)49(64)43-28-55-43/h9,12,14-15,18,22-23,25-26,32-33,41-43,46,55,57,62H,8,10-11,13,16-17,19-21,24,27-31H2,1-7H3,(H,56,63)/t33-,41-,42-,43-,46-,53+/m0/s1. The van der Waals surface area contributed by atoms with Crippen LogP contribution in [0.1, 0.15) is 96.6 Å². The summed E-state index contributed by atoms with van der Waals surface area (Å²) >= 11 is 0. The molecule has 2 aromatic carbocycles. The highest BCUT2D eigenvalue weighted by molar-refractivity contribution is 5.96. The average Bonchev–Trinajstić information content (AvgIpc) is 4.05. The van der Waals surface area contributed by atoms with E-state index in [1.54, 1.807) is 25.4 Å². The lowest BCUT2D eigenvalue weighted by molar-refractivity contribution is -0.155. The maximum Gasteiger partial charge on any atom is 0.324 e. The van der Waals surface area contributed by atoms with Crippen molar-refractivity contribution in [1.29, 1.82) is 0 Å². The van der Waals surface area contributed by atoms with E-state index < -0.39 is 29.5 Å². The number of aryl methyl sites for hydroxylation is 1. The van der Waals surface area contributed by atoms with Crippen LogP contribution in [0.3, 0.4) is 0 Å². The second-order valence-electron chi connectivity index (χ2n) is 21.3. The van der Waals surface area contributed by atoms with Crippen molar-refractivity contribution >= 4 is 34.6 Å². The molecular weight excluding hydrogens is 861 g/mol. The Bertz CT molecular complexity index is 2570. The first-order valence-electron chi connectivity index (χ1n) is 24.8. The van der Waals surface area contributed by atoms with Gasteiger partial charge in [0.25, 0.3) is 5.91 Å². The molecule has 68 heavy (non-hydrogen) atoms. The van der Waals surface area contributed by atoms with Crippen LogP contribution in [0.5, 0.6) is 5.75 Å². The summed E-state index contributed by atoms with van der Waals surface area (Å²) in [6.07, 6.45) is 6.07. The topological polar surface area (TPSA) is 181 Å². The lowest BCUT2D eigenvalue weighted by Crippen LogP contribution is -2.62. The number of fused-ring (bicyclic) bond motifs is 6. The third kappa shape index (κ3) is 9.64. The molecule has 9 rings (SSSR count). The van der Waals surface area contributed by atoms with Crippen molar-refractivity contribution in [1.82, 2.24) is 40.4 Å². The van der Waals surface area contributed by atoms with Gasteiger partial charge >= 0.3 is 5.97 Å². The Morgan fingerprint density at radius 2 is 1.82 bits per heavy atom. The maximum atomic E-state index is 14.9. The van der Waals surface area contributed by atoms with E-state index >= 15 is 0 Å². The van der Waals surface area contributed by atoms with Crippen molar-refractivity contribution in [3.63, 3.8) is 0 Å². The fraction of sp³-hybridized carbons (Fsp3) is 0.566. The van der Waals surface area contributed by atoms with Gasteiger partial charge in [-0.15, -0.1) is 0 Å². The van der Waals surface area contributed by atoms with Crippen molar-refractivity contribution in [2.45, 2.75) is 123 Å². The zero-order chi connectivity index (χ0) is 48.1. The SMILES string of the molecule is CCn1c(-c2cccnc2[C@H](C)OC)c2c3cc(ccc31)-c1cc(O)cc(c1)C[C@H](NC(=O)[C@H](C(C)C)N1CC[C@]3(CCCN(C(=O)[C@@H]4CN4)C3)C1)C(=O)N1CCC[C@H](N1)C(=O)OCC(C)(C)C2. The minimum Gasteiger partial charge on any atom is -0.508 e. The number of phenolic OH excluding ortho intramolecular Hbond substituents is 1. The number of nitrogens with one attached hydrogen (secondary N) is 3. The number of nitrogens with zero attached hydrogens (tertiary/aromatic N) is 5. The van der Waals surface area contributed by atoms with E-state index in [9.17, 15) is 24.3 Å². The fourth-order valence-corrected chi connectivity index (χ4v) is 11.6. The van der Waals surface area contributed by atoms with Gasteiger partial charge < -0.3 is 34.7 Å². The van der Waals surface area contributed by atoms with Gasteiger partial charge in [-0.1, -0.05) is 39.8 Å². The van der Waals surface area contributed by atoms with E-state index in [1.165, 1.54) is 5.01 Å². The molecule has 0 unspecified atom stereocenters. The van der Waals surface area contributed by atoms with Gasteiger partial charge in [0.2, 0.25) is 11.8 Å². The van der Waals surface area contributed by atoms with Gasteiger partial charge in [-0.05, 0) is 123 Å². The molecule has 2 aromatic heterocycles. The summed E-state index contributed by atoms with van der Waals surface area (Å²) in [6, 6.07) is 13.4. The molecule has 15 heteroatoms. The summed E-state index contributed by atoms with van der Waals surface area (Å²) in [5.41, 5.74) is 9.88. The predicted octanol–water partition coefficient (Wildman–Crippen LogP) is 5.76. The second kappa shape index (κ2) is 19.2. The number of carbonyl (C=O) groups excluding carboxylic acids is 4. The summed E-state index contributed by atoms with van der Waals surface area (Å²) in [7, 11) is 1.69. The lowest BCUT2D eigenvalue weighted by Gasteiger charge is -2.41. The average molecular weight is 931 g/mol. The van der Waals surface area contributed by atoms with E-state index in [4.69, 9.17) is 14.5 Å². The van der Waals surface area contributed by atoms with Crippen molar-refractivity contribution in [2.75, 3.05) is 53.0 Å². The first-order chi connectivity index (χ1) is 32.6. The number of amides is 3. The molecule has 7 heterocycles. The summed E-state index contributed by atoms with van der Waals surface area (Å²) in [5.74, 6) is -0.898. The molecule has 5 aliphatic heterocycles. The Balaban J connectivity index is 1.09. The number of phenols is 1. The molecule has 15 nitrogen and oxygen atoms in total. The minimum absolute atomic E-state index is 0.0464. The van der Waals surface area contributed by atoms with Gasteiger partial charge in [0.15, 0.2) is 0 Å². The van der Waals surface area contributed by atoms with Crippen LogP contribution in [0.25, 0.3) is 33.3 Å². The highest BCUT2D eigenvalue weighted by Crippen LogP contribution is 2.43. The van der Waals surface area contributed by atoms with Gasteiger partial charge in [0.05, 0.1) is 36.2 Å². The number of piperidine rings is 1. The number of likely N-dealkylation sites (tertiary alicyclic amines) is 2. The number of hydrogen-bond acceptors (Lipinski definition) is 11. The van der Waals surface area contributed by atoms with Gasteiger partial charge in [-0.25, -0.2) is 5.43 Å². The highest BCUT2D eigenvalue weighted by Gasteiger charge is 2.48. The second-order valence-corrected chi connectivity index (χ2v) is 21.3. The number of methoxy groups -OCH3 is 1. The van der Waals surface area contributed by atoms with E-state index in [0.29, 0.717) is 57.5 Å². The van der Waals surface area contributed by atoms with Crippen LogP contribution in [-0.2, 0) is 48.0 Å². The van der Waals surface area contributed by atoms with Crippen LogP contribution in [0.2, 0.25) is 0 Å². The molecule has 4 fully saturated rings. The number of hydrogen-bond donors (Lipinski definition) is 4. The first-order valence-corrected chi connectivity index (χ1v) is 24.8. The third-order valence-electron chi connectivity index (χ3n) is 15.1. The largest absolute Gasteiger partial charge is 0.508 e. The Labute approximate surface area is 400 Å². The summed E-state index contributed by atoms with van der Waals surface area (Å²) in [5, 5.41) is 20.3. The molecule has 6 atom stereocenters. The van der Waals surface area contributed by atoms with E-state index in [0.717, 1.165) is 76.9 Å². The highest BCUT2D eigenvalue weighted by atomic mass is 16.5. The molecule has 5 aliphatic rings. The number of hydrazine groups is 1. The van der Waals surface area contributed by atoms with Crippen LogP contribution < -0.4 is 16.1 Å². The van der Waals surface area contributed by atoms with Gasteiger partial charge in [-0.2, -0.15) is 0 Å². The number of pyridine rings is 1. The lowest BCUT2D eigenvalue weighted by atomic mass is 9.79. The van der Waals surface area contributed by atoms with Gasteiger partial charge in [-0.3, -0.25) is 34.1 Å². The maximum absolute atomic E-state index is 14.9. The Kier molecular flexibility index (Phi) is 13.5. The van der Waals surface area contributed by atoms with Crippen molar-refractivity contribution in [3.05, 3.63) is 71.5 Å². The fourth-order valence-electron chi connectivity index (χ4n) is 11.6. The third-order valence-corrected chi connectivity index (χ3v) is 15.1. The number of aromatic nitrogens is 2. The number of ether oxygens (including phenoxy) is 2. The zero-order valence-corrected chi connectivity index (χ0v) is 40.9. The monoisotopic (exact) mass is 931 g/mol. The first kappa shape index (κ1) is 47.7. The molecule has 4 aromatic rings. The minimum atomic E-state index is -1.03. The number of cyclic esters (lactones) is 1. The molecule has 0 saturated carbocycles. The molecule has 0 aliphatic carbocycles. The number of esters is 1. The van der Waals surface area contributed by atoms with Crippen molar-refractivity contribution < 1.29 is 33.8 Å². The normalized spacial score (nSPS) is 25.3. The van der Waals surface area contributed by atoms with Gasteiger partial charge in [0, 0.05) is 86.3 Å². The van der Waals surface area contributed by atoms with E-state index in [2.05, 4.69) is 70.6 Å². The number of rotatable bonds is 9. The van der Waals surface area contributed by atoms with Crippen LogP contribution in [0.15, 0.2) is 54.7 Å². The quantitative estimate of drug-likeness (QED) is 0.118. The van der Waals surface area contributed by atoms with Crippen LogP contribution in [-0.4, -0.2) is 130 Å². The molecule has 0 radical (unpaired) electrons. The predicted molar refractivity (Wildman–Crippen MR) is 260 cm³/mol. The summed E-state index contributed by atoms with van der Waals surface area (Å²) < 4.78 is 14.3. The molecule has 1 spiro atoms. The summed E-state index contributed by atoms with van der Waals surface area (Å²) in [6.45, 7) is 17.2. The van der Waals surface area contributed by atoms with Crippen LogP contribution in [0, 0.1) is 16.7 Å². The van der Waals surface area contributed by atoms with E-state index in [-0.39, 0.29) is 60.0 Å². The Morgan fingerprint density at radius 1 is 1.01 bits per heavy atom. The van der Waals surface area contributed by atoms with Crippen molar-refractivity contribution in [3.8, 4) is 28.1 Å².